The van der Waals surface area contributed by atoms with Gasteiger partial charge < -0.3 is 15.2 Å². The van der Waals surface area contributed by atoms with Crippen molar-refractivity contribution < 1.29 is 18.6 Å². The lowest BCUT2D eigenvalue weighted by molar-refractivity contribution is 0.117. The molecule has 0 saturated heterocycles. The van der Waals surface area contributed by atoms with E-state index in [0.717, 1.165) is 6.07 Å². The van der Waals surface area contributed by atoms with Gasteiger partial charge in [-0.2, -0.15) is 0 Å². The van der Waals surface area contributed by atoms with Crippen molar-refractivity contribution in [3.05, 3.63) is 59.1 Å². The van der Waals surface area contributed by atoms with Crippen molar-refractivity contribution in [2.24, 2.45) is 0 Å². The Morgan fingerprint density at radius 1 is 1.14 bits per heavy atom. The number of halogens is 3. The summed E-state index contributed by atoms with van der Waals surface area (Å²) >= 11 is 5.74. The largest absolute Gasteiger partial charge is 0.491 e. The molecule has 0 heterocycles. The average Bonchev–Trinajstić information content (AvgIpc) is 2.48. The number of anilines is 1. The molecule has 1 atom stereocenters. The van der Waals surface area contributed by atoms with Crippen molar-refractivity contribution in [1.29, 1.82) is 0 Å². The Labute approximate surface area is 126 Å². The van der Waals surface area contributed by atoms with Crippen LogP contribution in [0.4, 0.5) is 14.5 Å². The summed E-state index contributed by atoms with van der Waals surface area (Å²) in [5.41, 5.74) is 0.000503. The van der Waals surface area contributed by atoms with Crippen LogP contribution < -0.4 is 10.1 Å². The lowest BCUT2D eigenvalue weighted by Crippen LogP contribution is -2.26. The first kappa shape index (κ1) is 15.5. The second kappa shape index (κ2) is 7.24. The van der Waals surface area contributed by atoms with E-state index in [9.17, 15) is 13.9 Å². The average molecular weight is 314 g/mol. The van der Waals surface area contributed by atoms with E-state index in [1.807, 2.05) is 0 Å². The predicted octanol–water partition coefficient (Wildman–Crippen LogP) is 3.47. The number of ether oxygens (including phenoxy) is 1. The van der Waals surface area contributed by atoms with Crippen LogP contribution in [0.15, 0.2) is 42.5 Å². The molecular weight excluding hydrogens is 300 g/mol. The highest BCUT2D eigenvalue weighted by Crippen LogP contribution is 2.17. The Morgan fingerprint density at radius 2 is 1.86 bits per heavy atom. The lowest BCUT2D eigenvalue weighted by atomic mass is 10.2. The van der Waals surface area contributed by atoms with E-state index in [1.165, 1.54) is 12.1 Å². The minimum atomic E-state index is -0.969. The standard InChI is InChI=1S/C15H14ClF2NO2/c16-10-4-6-12(7-5-10)21-9-11(20)8-19-14-3-1-2-13(17)15(14)18/h1-7,11,19-20H,8-9H2. The van der Waals surface area contributed by atoms with Gasteiger partial charge in [-0.15, -0.1) is 0 Å². The number of aliphatic hydroxyl groups is 1. The highest BCUT2D eigenvalue weighted by atomic mass is 35.5. The number of hydrogen-bond acceptors (Lipinski definition) is 3. The van der Waals surface area contributed by atoms with Crippen molar-refractivity contribution in [3.63, 3.8) is 0 Å². The molecule has 0 radical (unpaired) electrons. The summed E-state index contributed by atoms with van der Waals surface area (Å²) in [5.74, 6) is -1.34. The van der Waals surface area contributed by atoms with Gasteiger partial charge in [-0.3, -0.25) is 0 Å². The van der Waals surface area contributed by atoms with Gasteiger partial charge in [-0.05, 0) is 36.4 Å². The summed E-state index contributed by atoms with van der Waals surface area (Å²) in [6, 6.07) is 10.5. The minimum Gasteiger partial charge on any atom is -0.491 e. The molecule has 0 aromatic heterocycles. The molecule has 2 N–H and O–H groups in total. The van der Waals surface area contributed by atoms with Gasteiger partial charge in [0.25, 0.3) is 0 Å². The Hall–Kier alpha value is -1.85. The van der Waals surface area contributed by atoms with Crippen LogP contribution in [0, 0.1) is 11.6 Å². The van der Waals surface area contributed by atoms with E-state index in [4.69, 9.17) is 16.3 Å². The number of rotatable bonds is 6. The molecule has 3 nitrogen and oxygen atoms in total. The summed E-state index contributed by atoms with van der Waals surface area (Å²) in [5, 5.41) is 13.0. The first-order valence-corrected chi connectivity index (χ1v) is 6.68. The van der Waals surface area contributed by atoms with Crippen LogP contribution in [0.1, 0.15) is 0 Å². The fourth-order valence-corrected chi connectivity index (χ4v) is 1.78. The molecule has 2 aromatic carbocycles. The Bertz CT molecular complexity index is 593. The summed E-state index contributed by atoms with van der Waals surface area (Å²) in [6.45, 7) is 0.0551. The molecule has 0 amide bonds. The normalized spacial score (nSPS) is 12.0. The predicted molar refractivity (Wildman–Crippen MR) is 77.8 cm³/mol. The second-order valence-corrected chi connectivity index (χ2v) is 4.84. The topological polar surface area (TPSA) is 41.5 Å². The molecule has 0 aliphatic rings. The number of aliphatic hydroxyl groups excluding tert-OH is 1. The van der Waals surface area contributed by atoms with Crippen molar-refractivity contribution in [2.75, 3.05) is 18.5 Å². The first-order chi connectivity index (χ1) is 10.1. The molecule has 0 spiro atoms. The van der Waals surface area contributed by atoms with Crippen LogP contribution in [0.25, 0.3) is 0 Å². The minimum absolute atomic E-state index is 0.000503. The molecule has 2 aromatic rings. The highest BCUT2D eigenvalue weighted by molar-refractivity contribution is 6.30. The van der Waals surface area contributed by atoms with Crippen LogP contribution in [-0.4, -0.2) is 24.4 Å². The van der Waals surface area contributed by atoms with Gasteiger partial charge in [0, 0.05) is 11.6 Å². The maximum absolute atomic E-state index is 13.4. The highest BCUT2D eigenvalue weighted by Gasteiger charge is 2.10. The summed E-state index contributed by atoms with van der Waals surface area (Å²) in [6.07, 6.45) is -0.872. The third-order valence-electron chi connectivity index (χ3n) is 2.74. The summed E-state index contributed by atoms with van der Waals surface area (Å²) < 4.78 is 31.7. The fraction of sp³-hybridized carbons (Fsp3) is 0.200. The SMILES string of the molecule is OC(CNc1cccc(F)c1F)COc1ccc(Cl)cc1. The molecule has 0 fully saturated rings. The van der Waals surface area contributed by atoms with E-state index in [0.29, 0.717) is 10.8 Å². The molecule has 21 heavy (non-hydrogen) atoms. The molecule has 0 aliphatic heterocycles. The van der Waals surface area contributed by atoms with Crippen molar-refractivity contribution in [1.82, 2.24) is 0 Å². The monoisotopic (exact) mass is 313 g/mol. The van der Waals surface area contributed by atoms with Crippen molar-refractivity contribution in [2.45, 2.75) is 6.10 Å². The van der Waals surface area contributed by atoms with Gasteiger partial charge >= 0.3 is 0 Å². The van der Waals surface area contributed by atoms with Gasteiger partial charge in [0.15, 0.2) is 11.6 Å². The number of hydrogen-bond donors (Lipinski definition) is 2. The van der Waals surface area contributed by atoms with Gasteiger partial charge in [0.1, 0.15) is 18.5 Å². The van der Waals surface area contributed by atoms with E-state index >= 15 is 0 Å². The van der Waals surface area contributed by atoms with Crippen molar-refractivity contribution in [3.8, 4) is 5.75 Å². The smallest absolute Gasteiger partial charge is 0.181 e. The Morgan fingerprint density at radius 3 is 2.57 bits per heavy atom. The molecule has 2 rings (SSSR count). The number of nitrogens with one attached hydrogen (secondary N) is 1. The van der Waals surface area contributed by atoms with Gasteiger partial charge in [-0.25, -0.2) is 8.78 Å². The molecule has 0 aliphatic carbocycles. The van der Waals surface area contributed by atoms with E-state index in [1.54, 1.807) is 24.3 Å². The zero-order valence-corrected chi connectivity index (χ0v) is 11.8. The molecule has 1 unspecified atom stereocenters. The first-order valence-electron chi connectivity index (χ1n) is 6.30. The Balaban J connectivity index is 1.80. The van der Waals surface area contributed by atoms with Crippen molar-refractivity contribution >= 4 is 17.3 Å². The van der Waals surface area contributed by atoms with Crippen LogP contribution in [0.3, 0.4) is 0 Å². The second-order valence-electron chi connectivity index (χ2n) is 4.40. The zero-order valence-electron chi connectivity index (χ0n) is 11.0. The van der Waals surface area contributed by atoms with Crippen LogP contribution in [-0.2, 0) is 0 Å². The Kier molecular flexibility index (Phi) is 5.36. The van der Waals surface area contributed by atoms with E-state index < -0.39 is 17.7 Å². The van der Waals surface area contributed by atoms with Crippen LogP contribution >= 0.6 is 11.6 Å². The lowest BCUT2D eigenvalue weighted by Gasteiger charge is -2.14. The van der Waals surface area contributed by atoms with E-state index in [-0.39, 0.29) is 18.8 Å². The molecule has 0 bridgehead atoms. The quantitative estimate of drug-likeness (QED) is 0.858. The fourth-order valence-electron chi connectivity index (χ4n) is 1.65. The third-order valence-corrected chi connectivity index (χ3v) is 2.99. The summed E-state index contributed by atoms with van der Waals surface area (Å²) in [4.78, 5) is 0. The molecule has 6 heteroatoms. The third kappa shape index (κ3) is 4.58. The molecule has 0 saturated carbocycles. The maximum Gasteiger partial charge on any atom is 0.181 e. The zero-order chi connectivity index (χ0) is 15.2. The van der Waals surface area contributed by atoms with Gasteiger partial charge in [-0.1, -0.05) is 17.7 Å². The maximum atomic E-state index is 13.4. The van der Waals surface area contributed by atoms with Gasteiger partial charge in [0.2, 0.25) is 0 Å². The van der Waals surface area contributed by atoms with Gasteiger partial charge in [0.05, 0.1) is 5.69 Å². The number of benzene rings is 2. The molecule has 112 valence electrons. The molecular formula is C15H14ClF2NO2. The van der Waals surface area contributed by atoms with Crippen LogP contribution in [0.5, 0.6) is 5.75 Å². The summed E-state index contributed by atoms with van der Waals surface area (Å²) in [7, 11) is 0. The van der Waals surface area contributed by atoms with E-state index in [2.05, 4.69) is 5.32 Å². The van der Waals surface area contributed by atoms with Crippen LogP contribution in [0.2, 0.25) is 5.02 Å².